The maximum absolute atomic E-state index is 4.62. The molecule has 0 unspecified atom stereocenters. The van der Waals surface area contributed by atoms with E-state index < -0.39 is 0 Å². The second-order valence-corrected chi connectivity index (χ2v) is 27.1. The summed E-state index contributed by atoms with van der Waals surface area (Å²) in [5.41, 5.74) is 27.4. The molecule has 0 bridgehead atoms. The molecule has 7 heteroatoms. The van der Waals surface area contributed by atoms with Crippen LogP contribution in [0.2, 0.25) is 0 Å². The first-order valence-corrected chi connectivity index (χ1v) is 35.0. The molecule has 7 aromatic heterocycles. The Balaban J connectivity index is 0.675. The predicted octanol–water partition coefficient (Wildman–Crippen LogP) is 24.7. The van der Waals surface area contributed by atoms with Crippen molar-refractivity contribution in [2.45, 2.75) is 0 Å². The van der Waals surface area contributed by atoms with Gasteiger partial charge in [0.15, 0.2) is 0 Å². The molecule has 0 N–H and O–H groups in total. The molecule has 0 saturated carbocycles. The number of hydrogen-bond donors (Lipinski definition) is 0. The summed E-state index contributed by atoms with van der Waals surface area (Å²) in [5.74, 6) is 0. The third-order valence-corrected chi connectivity index (χ3v) is 21.7. The topological polar surface area (TPSA) is 42.5 Å². The Morgan fingerprint density at radius 2 is 0.363 bits per heavy atom. The molecule has 0 fully saturated rings. The van der Waals surface area contributed by atoms with Gasteiger partial charge < -0.3 is 27.4 Å². The fourth-order valence-corrected chi connectivity index (χ4v) is 17.2. The van der Waals surface area contributed by atoms with E-state index in [0.717, 1.165) is 89.6 Å². The molecule has 102 heavy (non-hydrogen) atoms. The second-order valence-electron chi connectivity index (χ2n) is 27.1. The molecule has 0 spiro atoms. The van der Waals surface area contributed by atoms with Crippen molar-refractivity contribution in [2.24, 2.45) is 0 Å². The van der Waals surface area contributed by atoms with E-state index in [0.29, 0.717) is 0 Å². The van der Waals surface area contributed by atoms with Gasteiger partial charge in [0.1, 0.15) is 0 Å². The summed E-state index contributed by atoms with van der Waals surface area (Å²) in [6.07, 6.45) is 3.82. The van der Waals surface area contributed by atoms with Crippen LogP contribution in [0.1, 0.15) is 0 Å². The monoisotopic (exact) mass is 1300 g/mol. The molecule has 7 nitrogen and oxygen atoms in total. The lowest BCUT2D eigenvalue weighted by Crippen LogP contribution is -1.97. The quantitative estimate of drug-likeness (QED) is 0.142. The minimum atomic E-state index is 1.06. The van der Waals surface area contributed by atoms with Gasteiger partial charge in [0.25, 0.3) is 0 Å². The van der Waals surface area contributed by atoms with Gasteiger partial charge in [0.2, 0.25) is 0 Å². The highest BCUT2D eigenvalue weighted by atomic mass is 15.0. The highest BCUT2D eigenvalue weighted by Gasteiger charge is 2.23. The number of nitrogens with zero attached hydrogens (tertiary/aromatic N) is 7. The van der Waals surface area contributed by atoms with Gasteiger partial charge in [-0.2, -0.15) is 0 Å². The van der Waals surface area contributed by atoms with Crippen LogP contribution in [-0.2, 0) is 0 Å². The molecule has 474 valence electrons. The number of rotatable bonds is 9. The van der Waals surface area contributed by atoms with Crippen LogP contribution in [0.15, 0.2) is 358 Å². The molecule has 0 atom stereocenters. The lowest BCUT2D eigenvalue weighted by Gasteiger charge is -2.14. The fourth-order valence-electron chi connectivity index (χ4n) is 17.2. The summed E-state index contributed by atoms with van der Waals surface area (Å²) in [4.78, 5) is 4.62. The Kier molecular flexibility index (Phi) is 12.1. The molecule has 22 rings (SSSR count). The van der Waals surface area contributed by atoms with Crippen LogP contribution in [0.25, 0.3) is 198 Å². The van der Waals surface area contributed by atoms with Gasteiger partial charge in [-0.1, -0.05) is 176 Å². The Morgan fingerprint density at radius 3 is 0.608 bits per heavy atom. The lowest BCUT2D eigenvalue weighted by atomic mass is 9.93. The first-order chi connectivity index (χ1) is 50.6. The minimum absolute atomic E-state index is 1.06. The Morgan fingerprint density at radius 1 is 0.147 bits per heavy atom. The Labute approximate surface area is 585 Å². The van der Waals surface area contributed by atoms with E-state index in [2.05, 4.69) is 372 Å². The smallest absolute Gasteiger partial charge is 0.0542 e. The molecular formula is C95H59N7. The maximum Gasteiger partial charge on any atom is 0.0542 e. The zero-order valence-electron chi connectivity index (χ0n) is 55.2. The van der Waals surface area contributed by atoms with Crippen LogP contribution in [0, 0.1) is 0 Å². The highest BCUT2D eigenvalue weighted by Crippen LogP contribution is 2.44. The van der Waals surface area contributed by atoms with Crippen LogP contribution in [0.3, 0.4) is 0 Å². The Bertz CT molecular complexity index is 6270. The summed E-state index contributed by atoms with van der Waals surface area (Å²) in [7, 11) is 0. The van der Waals surface area contributed by atoms with E-state index in [1.54, 1.807) is 0 Å². The number of benzene rings is 15. The van der Waals surface area contributed by atoms with E-state index in [9.17, 15) is 0 Å². The van der Waals surface area contributed by atoms with Crippen LogP contribution < -0.4 is 0 Å². The van der Waals surface area contributed by atoms with E-state index in [1.165, 1.54) is 109 Å². The number of hydrogen-bond acceptors (Lipinski definition) is 1. The molecule has 0 aliphatic rings. The normalized spacial score (nSPS) is 12.1. The van der Waals surface area contributed by atoms with Gasteiger partial charge >= 0.3 is 0 Å². The van der Waals surface area contributed by atoms with E-state index in [1.807, 2.05) is 18.5 Å². The summed E-state index contributed by atoms with van der Waals surface area (Å²) in [5, 5.41) is 14.7. The van der Waals surface area contributed by atoms with Gasteiger partial charge in [0, 0.05) is 117 Å². The molecule has 0 aliphatic carbocycles. The molecule has 0 aliphatic heterocycles. The fraction of sp³-hybridized carbons (Fsp3) is 0. The molecule has 0 amide bonds. The molecule has 0 saturated heterocycles. The van der Waals surface area contributed by atoms with Gasteiger partial charge in [-0.05, 0) is 198 Å². The summed E-state index contributed by atoms with van der Waals surface area (Å²) in [6, 6.07) is 128. The van der Waals surface area contributed by atoms with E-state index in [-0.39, 0.29) is 0 Å². The van der Waals surface area contributed by atoms with E-state index in [4.69, 9.17) is 0 Å². The number of para-hydroxylation sites is 8. The summed E-state index contributed by atoms with van der Waals surface area (Å²) in [6.45, 7) is 0. The van der Waals surface area contributed by atoms with Crippen LogP contribution in [0.4, 0.5) is 0 Å². The van der Waals surface area contributed by atoms with Crippen molar-refractivity contribution in [2.75, 3.05) is 0 Å². The SMILES string of the molecule is c1cncc(-c2cc(-c3ccc(-n4c5ccc(-n6c7ccccc7c7ccccc76)cc5c5cc(-n6c7ccccc7c7ccccc76)ccc54)cc3)cc(-c3ccc(-n4c5ccc(-n6c7ccccc7c7ccccc76)cc5c5cc(-n6c7ccccc7c7ccccc76)ccc54)cc3)c2)c1. The lowest BCUT2D eigenvalue weighted by molar-refractivity contribution is 1.16. The summed E-state index contributed by atoms with van der Waals surface area (Å²) < 4.78 is 14.6. The predicted molar refractivity (Wildman–Crippen MR) is 427 cm³/mol. The second kappa shape index (κ2) is 21.9. The maximum atomic E-state index is 4.62. The average Bonchev–Trinajstić information content (AvgIpc) is 1.55. The first kappa shape index (κ1) is 56.3. The molecule has 22 aromatic rings. The van der Waals surface area contributed by atoms with Crippen LogP contribution >= 0.6 is 0 Å². The largest absolute Gasteiger partial charge is 0.309 e. The third kappa shape index (κ3) is 8.33. The van der Waals surface area contributed by atoms with Crippen LogP contribution in [0.5, 0.6) is 0 Å². The first-order valence-electron chi connectivity index (χ1n) is 35.0. The van der Waals surface area contributed by atoms with Crippen molar-refractivity contribution in [3.05, 3.63) is 358 Å². The van der Waals surface area contributed by atoms with Gasteiger partial charge in [-0.25, -0.2) is 0 Å². The average molecular weight is 1300 g/mol. The molecule has 0 radical (unpaired) electrons. The van der Waals surface area contributed by atoms with E-state index >= 15 is 0 Å². The van der Waals surface area contributed by atoms with Crippen molar-refractivity contribution in [1.82, 2.24) is 32.4 Å². The highest BCUT2D eigenvalue weighted by molar-refractivity contribution is 6.17. The molecule has 7 heterocycles. The third-order valence-electron chi connectivity index (χ3n) is 21.7. The van der Waals surface area contributed by atoms with Crippen molar-refractivity contribution in [3.8, 4) is 67.5 Å². The van der Waals surface area contributed by atoms with Crippen LogP contribution in [-0.4, -0.2) is 32.4 Å². The zero-order chi connectivity index (χ0) is 66.7. The zero-order valence-corrected chi connectivity index (χ0v) is 55.2. The van der Waals surface area contributed by atoms with Crippen molar-refractivity contribution < 1.29 is 0 Å². The number of fused-ring (bicyclic) bond motifs is 18. The van der Waals surface area contributed by atoms with Gasteiger partial charge in [-0.3, -0.25) is 4.98 Å². The number of aromatic nitrogens is 7. The molecular weight excluding hydrogens is 1240 g/mol. The Hall–Kier alpha value is -13.8. The van der Waals surface area contributed by atoms with Crippen molar-refractivity contribution in [1.29, 1.82) is 0 Å². The van der Waals surface area contributed by atoms with Gasteiger partial charge in [0.05, 0.1) is 66.2 Å². The van der Waals surface area contributed by atoms with Crippen molar-refractivity contribution in [3.63, 3.8) is 0 Å². The van der Waals surface area contributed by atoms with Crippen molar-refractivity contribution >= 4 is 131 Å². The minimum Gasteiger partial charge on any atom is -0.309 e. The molecule has 15 aromatic carbocycles. The van der Waals surface area contributed by atoms with Gasteiger partial charge in [-0.15, -0.1) is 0 Å². The summed E-state index contributed by atoms with van der Waals surface area (Å²) >= 11 is 0. The number of pyridine rings is 1. The standard InChI is InChI=1S/C95H59N7/c1-9-27-84-72(19-1)73-20-2-10-28-85(73)99(84)68-43-47-92-80(55-68)81-56-69(100-86-29-11-3-21-74(86)75-22-4-12-30-87(75)100)44-48-93(81)97(92)66-39-35-60(36-40-66)63-52-64(54-65(53-63)62-18-17-51-96-59-62)61-37-41-67(42-38-61)98-94-49-45-70(101-88-31-13-5-23-76(88)77-24-6-14-32-89(77)101)57-82(94)83-58-71(46-50-95(83)98)102-90-33-15-7-25-78(90)79-26-8-16-34-91(79)102/h1-59H.